The van der Waals surface area contributed by atoms with Crippen LogP contribution < -0.4 is 5.32 Å². The standard InChI is InChI=1S/C16H14N2.3H2O/c1-12-6-8-14(9-7-12)18-16-15-5-3-2-4-13(15)10-11-17-16;;;/h2-11H,1H3,(H,17,18);3*1H2. The molecule has 0 amide bonds. The van der Waals surface area contributed by atoms with E-state index in [-0.39, 0.29) is 16.4 Å². The summed E-state index contributed by atoms with van der Waals surface area (Å²) in [5, 5.41) is 5.70. The first kappa shape index (κ1) is 18.5. The molecule has 5 nitrogen and oxygen atoms in total. The molecule has 1 aromatic heterocycles. The smallest absolute Gasteiger partial charge is 0.138 e. The summed E-state index contributed by atoms with van der Waals surface area (Å²) >= 11 is 0. The van der Waals surface area contributed by atoms with Crippen LogP contribution in [0.4, 0.5) is 11.5 Å². The van der Waals surface area contributed by atoms with Gasteiger partial charge in [0.1, 0.15) is 5.82 Å². The monoisotopic (exact) mass is 288 g/mol. The molecule has 2 aromatic carbocycles. The first-order valence-electron chi connectivity index (χ1n) is 6.00. The molecule has 5 heteroatoms. The number of anilines is 2. The molecule has 0 saturated carbocycles. The third-order valence-corrected chi connectivity index (χ3v) is 2.99. The van der Waals surface area contributed by atoms with Gasteiger partial charge in [-0.3, -0.25) is 0 Å². The predicted octanol–water partition coefficient (Wildman–Crippen LogP) is 1.81. The van der Waals surface area contributed by atoms with Gasteiger partial charge in [0.25, 0.3) is 0 Å². The topological polar surface area (TPSA) is 119 Å². The van der Waals surface area contributed by atoms with Crippen molar-refractivity contribution in [3.8, 4) is 0 Å². The second-order valence-electron chi connectivity index (χ2n) is 4.37. The van der Waals surface area contributed by atoms with Crippen LogP contribution in [0.5, 0.6) is 0 Å². The SMILES string of the molecule is Cc1ccc(Nc2nccc3ccccc23)cc1.O.O.O. The number of benzene rings is 2. The lowest BCUT2D eigenvalue weighted by molar-refractivity contribution is 0.823. The number of hydrogen-bond donors (Lipinski definition) is 1. The molecule has 0 unspecified atom stereocenters. The van der Waals surface area contributed by atoms with Gasteiger partial charge in [0.2, 0.25) is 0 Å². The number of rotatable bonds is 2. The highest BCUT2D eigenvalue weighted by atomic mass is 16.0. The third kappa shape index (κ3) is 4.00. The molecule has 0 spiro atoms. The zero-order valence-corrected chi connectivity index (χ0v) is 11.7. The third-order valence-electron chi connectivity index (χ3n) is 2.99. The molecule has 0 radical (unpaired) electrons. The van der Waals surface area contributed by atoms with Gasteiger partial charge < -0.3 is 21.7 Å². The van der Waals surface area contributed by atoms with E-state index in [1.165, 1.54) is 10.9 Å². The summed E-state index contributed by atoms with van der Waals surface area (Å²) < 4.78 is 0. The van der Waals surface area contributed by atoms with Gasteiger partial charge in [0.15, 0.2) is 0 Å². The van der Waals surface area contributed by atoms with Crippen molar-refractivity contribution >= 4 is 22.3 Å². The summed E-state index contributed by atoms with van der Waals surface area (Å²) in [5.41, 5.74) is 2.32. The van der Waals surface area contributed by atoms with Crippen LogP contribution >= 0.6 is 0 Å². The van der Waals surface area contributed by atoms with Gasteiger partial charge in [0.05, 0.1) is 0 Å². The molecule has 0 bridgehead atoms. The summed E-state index contributed by atoms with van der Waals surface area (Å²) in [6.07, 6.45) is 1.83. The first-order chi connectivity index (χ1) is 8.83. The van der Waals surface area contributed by atoms with E-state index in [0.717, 1.165) is 16.9 Å². The zero-order chi connectivity index (χ0) is 12.4. The van der Waals surface area contributed by atoms with Crippen molar-refractivity contribution in [3.63, 3.8) is 0 Å². The van der Waals surface area contributed by atoms with Crippen molar-refractivity contribution in [3.05, 3.63) is 66.4 Å². The van der Waals surface area contributed by atoms with Crippen molar-refractivity contribution in [2.45, 2.75) is 6.92 Å². The molecule has 0 aliphatic rings. The molecule has 0 fully saturated rings. The molecule has 3 rings (SSSR count). The molecular formula is C16H20N2O3. The van der Waals surface area contributed by atoms with E-state index < -0.39 is 0 Å². The fraction of sp³-hybridized carbons (Fsp3) is 0.0625. The lowest BCUT2D eigenvalue weighted by Gasteiger charge is -2.08. The number of fused-ring (bicyclic) bond motifs is 1. The highest BCUT2D eigenvalue weighted by Gasteiger charge is 2.01. The Morgan fingerprint density at radius 1 is 0.810 bits per heavy atom. The van der Waals surface area contributed by atoms with Crippen molar-refractivity contribution in [1.82, 2.24) is 4.98 Å². The van der Waals surface area contributed by atoms with Crippen molar-refractivity contribution in [2.75, 3.05) is 5.32 Å². The molecule has 112 valence electrons. The van der Waals surface area contributed by atoms with Crippen LogP contribution in [0.2, 0.25) is 0 Å². The Balaban J connectivity index is 0.00000133. The molecule has 0 aliphatic carbocycles. The quantitative estimate of drug-likeness (QED) is 0.773. The second kappa shape index (κ2) is 7.96. The van der Waals surface area contributed by atoms with E-state index in [0.29, 0.717) is 0 Å². The van der Waals surface area contributed by atoms with Gasteiger partial charge in [-0.1, -0.05) is 42.0 Å². The number of nitrogens with zero attached hydrogens (tertiary/aromatic N) is 1. The van der Waals surface area contributed by atoms with Crippen LogP contribution in [-0.2, 0) is 0 Å². The second-order valence-corrected chi connectivity index (χ2v) is 4.37. The Bertz CT molecular complexity index is 679. The molecular weight excluding hydrogens is 268 g/mol. The van der Waals surface area contributed by atoms with Crippen LogP contribution in [0.3, 0.4) is 0 Å². The minimum Gasteiger partial charge on any atom is -0.412 e. The lowest BCUT2D eigenvalue weighted by atomic mass is 10.1. The van der Waals surface area contributed by atoms with E-state index >= 15 is 0 Å². The summed E-state index contributed by atoms with van der Waals surface area (Å²) in [7, 11) is 0. The largest absolute Gasteiger partial charge is 0.412 e. The predicted molar refractivity (Wildman–Crippen MR) is 87.0 cm³/mol. The van der Waals surface area contributed by atoms with Crippen LogP contribution in [-0.4, -0.2) is 21.4 Å². The van der Waals surface area contributed by atoms with Crippen molar-refractivity contribution in [2.24, 2.45) is 0 Å². The molecule has 3 aromatic rings. The Hall–Kier alpha value is -2.47. The van der Waals surface area contributed by atoms with Crippen molar-refractivity contribution in [1.29, 1.82) is 0 Å². The minimum absolute atomic E-state index is 0. The Morgan fingerprint density at radius 3 is 2.19 bits per heavy atom. The van der Waals surface area contributed by atoms with Gasteiger partial charge in [-0.15, -0.1) is 0 Å². The average Bonchev–Trinajstić information content (AvgIpc) is 2.42. The van der Waals surface area contributed by atoms with Crippen LogP contribution in [0.25, 0.3) is 10.8 Å². The zero-order valence-electron chi connectivity index (χ0n) is 11.7. The van der Waals surface area contributed by atoms with E-state index in [2.05, 4.69) is 53.6 Å². The molecule has 21 heavy (non-hydrogen) atoms. The van der Waals surface area contributed by atoms with Crippen molar-refractivity contribution < 1.29 is 16.4 Å². The molecule has 0 saturated heterocycles. The highest BCUT2D eigenvalue weighted by molar-refractivity contribution is 5.93. The van der Waals surface area contributed by atoms with Gasteiger partial charge in [-0.05, 0) is 30.5 Å². The van der Waals surface area contributed by atoms with E-state index in [1.54, 1.807) is 0 Å². The molecule has 7 N–H and O–H groups in total. The number of nitrogens with one attached hydrogen (secondary N) is 1. The minimum atomic E-state index is 0. The maximum absolute atomic E-state index is 4.41. The summed E-state index contributed by atoms with van der Waals surface area (Å²) in [4.78, 5) is 4.41. The van der Waals surface area contributed by atoms with Gasteiger partial charge in [-0.25, -0.2) is 4.98 Å². The maximum Gasteiger partial charge on any atom is 0.138 e. The van der Waals surface area contributed by atoms with E-state index in [9.17, 15) is 0 Å². The fourth-order valence-electron chi connectivity index (χ4n) is 1.99. The Kier molecular flexibility index (Phi) is 7.02. The summed E-state index contributed by atoms with van der Waals surface area (Å²) in [6.45, 7) is 2.08. The summed E-state index contributed by atoms with van der Waals surface area (Å²) in [6, 6.07) is 18.6. The van der Waals surface area contributed by atoms with Crippen LogP contribution in [0.15, 0.2) is 60.8 Å². The molecule has 0 atom stereocenters. The lowest BCUT2D eigenvalue weighted by Crippen LogP contribution is -1.94. The Morgan fingerprint density at radius 2 is 1.48 bits per heavy atom. The van der Waals surface area contributed by atoms with E-state index in [4.69, 9.17) is 0 Å². The van der Waals surface area contributed by atoms with Gasteiger partial charge >= 0.3 is 0 Å². The number of pyridine rings is 1. The van der Waals surface area contributed by atoms with Crippen LogP contribution in [0.1, 0.15) is 5.56 Å². The molecule has 1 heterocycles. The number of aryl methyl sites for hydroxylation is 1. The summed E-state index contributed by atoms with van der Waals surface area (Å²) in [5.74, 6) is 0.900. The van der Waals surface area contributed by atoms with Gasteiger partial charge in [-0.2, -0.15) is 0 Å². The Labute approximate surface area is 123 Å². The maximum atomic E-state index is 4.41. The first-order valence-corrected chi connectivity index (χ1v) is 6.00. The van der Waals surface area contributed by atoms with Crippen LogP contribution in [0, 0.1) is 6.92 Å². The van der Waals surface area contributed by atoms with E-state index in [1.807, 2.05) is 24.4 Å². The fourth-order valence-corrected chi connectivity index (χ4v) is 1.99. The highest BCUT2D eigenvalue weighted by Crippen LogP contribution is 2.23. The van der Waals surface area contributed by atoms with Gasteiger partial charge in [0, 0.05) is 17.3 Å². The number of aromatic nitrogens is 1. The normalized spacial score (nSPS) is 9.00. The average molecular weight is 288 g/mol. The molecule has 0 aliphatic heterocycles. The number of hydrogen-bond acceptors (Lipinski definition) is 2.